The predicted molar refractivity (Wildman–Crippen MR) is 112 cm³/mol. The molecule has 25 heavy (non-hydrogen) atoms. The lowest BCUT2D eigenvalue weighted by atomic mass is 10.1. The van der Waals surface area contributed by atoms with Crippen LogP contribution in [0.1, 0.15) is 58.9 Å². The Morgan fingerprint density at radius 2 is 1.80 bits per heavy atom. The molecule has 0 unspecified atom stereocenters. The van der Waals surface area contributed by atoms with Crippen LogP contribution in [0.4, 0.5) is 0 Å². The van der Waals surface area contributed by atoms with Crippen LogP contribution in [0.3, 0.4) is 0 Å². The summed E-state index contributed by atoms with van der Waals surface area (Å²) in [6.45, 7) is 14.2. The van der Waals surface area contributed by atoms with Crippen LogP contribution in [0.5, 0.6) is 0 Å². The van der Waals surface area contributed by atoms with Gasteiger partial charge < -0.3 is 5.32 Å². The van der Waals surface area contributed by atoms with E-state index < -0.39 is 0 Å². The summed E-state index contributed by atoms with van der Waals surface area (Å²) in [5, 5.41) is 3.57. The average molecular weight is 343 g/mol. The minimum atomic E-state index is 0.980. The van der Waals surface area contributed by atoms with Crippen LogP contribution in [-0.2, 0) is 6.54 Å². The summed E-state index contributed by atoms with van der Waals surface area (Å²) in [5.41, 5.74) is 4.31. The van der Waals surface area contributed by atoms with Crippen molar-refractivity contribution in [1.29, 1.82) is 0 Å². The fourth-order valence-electron chi connectivity index (χ4n) is 2.77. The topological polar surface area (TPSA) is 15.3 Å². The van der Waals surface area contributed by atoms with Crippen molar-refractivity contribution in [2.45, 2.75) is 59.9 Å². The van der Waals surface area contributed by atoms with E-state index in [2.05, 4.69) is 80.4 Å². The largest absolute Gasteiger partial charge is 0.312 e. The van der Waals surface area contributed by atoms with Crippen LogP contribution >= 0.6 is 0 Å². The van der Waals surface area contributed by atoms with Gasteiger partial charge in [0.1, 0.15) is 0 Å². The summed E-state index contributed by atoms with van der Waals surface area (Å²) < 4.78 is 0. The quantitative estimate of drug-likeness (QED) is 0.372. The normalized spacial score (nSPS) is 11.8. The fourth-order valence-corrected chi connectivity index (χ4v) is 2.77. The van der Waals surface area contributed by atoms with Crippen LogP contribution in [0.15, 0.2) is 53.6 Å². The first kappa shape index (κ1) is 21.7. The highest BCUT2D eigenvalue weighted by molar-refractivity contribution is 5.14. The van der Waals surface area contributed by atoms with Gasteiger partial charge in [-0.05, 0) is 52.1 Å². The highest BCUT2D eigenvalue weighted by atomic mass is 15.1. The minimum absolute atomic E-state index is 0.980. The van der Waals surface area contributed by atoms with E-state index in [-0.39, 0.29) is 0 Å². The molecule has 1 aromatic carbocycles. The van der Waals surface area contributed by atoms with E-state index in [0.717, 1.165) is 32.6 Å². The first-order chi connectivity index (χ1) is 12.1. The van der Waals surface area contributed by atoms with Gasteiger partial charge in [0, 0.05) is 26.2 Å². The number of hydrogen-bond donors (Lipinski definition) is 1. The number of nitrogens with zero attached hydrogens (tertiary/aromatic N) is 1. The molecule has 1 N–H and O–H groups in total. The fraction of sp³-hybridized carbons (Fsp3) is 0.565. The molecule has 0 amide bonds. The summed E-state index contributed by atoms with van der Waals surface area (Å²) in [6, 6.07) is 10.8. The van der Waals surface area contributed by atoms with Gasteiger partial charge in [-0.3, -0.25) is 4.90 Å². The third-order valence-electron chi connectivity index (χ3n) is 4.37. The highest BCUT2D eigenvalue weighted by Crippen LogP contribution is 2.07. The van der Waals surface area contributed by atoms with Gasteiger partial charge in [0.15, 0.2) is 0 Å². The molecule has 1 aromatic rings. The first-order valence-electron chi connectivity index (χ1n) is 9.87. The average Bonchev–Trinajstić information content (AvgIpc) is 2.59. The molecule has 0 bridgehead atoms. The van der Waals surface area contributed by atoms with E-state index in [4.69, 9.17) is 0 Å². The summed E-state index contributed by atoms with van der Waals surface area (Å²) in [5.74, 6) is 0. The number of nitrogens with one attached hydrogen (secondary N) is 1. The molecule has 0 aromatic heterocycles. The molecular formula is C23H38N2. The second-order valence-corrected chi connectivity index (χ2v) is 7.19. The number of rotatable bonds is 13. The van der Waals surface area contributed by atoms with Crippen LogP contribution in [0, 0.1) is 0 Å². The monoisotopic (exact) mass is 342 g/mol. The zero-order valence-electron chi connectivity index (χ0n) is 16.9. The molecule has 2 nitrogen and oxygen atoms in total. The number of benzene rings is 1. The van der Waals surface area contributed by atoms with E-state index in [1.54, 1.807) is 0 Å². The van der Waals surface area contributed by atoms with Crippen molar-refractivity contribution in [1.82, 2.24) is 10.2 Å². The molecule has 140 valence electrons. The van der Waals surface area contributed by atoms with Gasteiger partial charge in [0.2, 0.25) is 0 Å². The second kappa shape index (κ2) is 13.9. The van der Waals surface area contributed by atoms with Crippen molar-refractivity contribution < 1.29 is 0 Å². The second-order valence-electron chi connectivity index (χ2n) is 7.19. The summed E-state index contributed by atoms with van der Waals surface area (Å²) in [7, 11) is 0. The van der Waals surface area contributed by atoms with Gasteiger partial charge in [0.05, 0.1) is 0 Å². The third kappa shape index (κ3) is 11.7. The summed E-state index contributed by atoms with van der Waals surface area (Å²) >= 11 is 0. The van der Waals surface area contributed by atoms with E-state index in [0.29, 0.717) is 0 Å². The van der Waals surface area contributed by atoms with Crippen molar-refractivity contribution in [3.63, 3.8) is 0 Å². The van der Waals surface area contributed by atoms with E-state index >= 15 is 0 Å². The van der Waals surface area contributed by atoms with Crippen molar-refractivity contribution in [2.24, 2.45) is 0 Å². The maximum absolute atomic E-state index is 3.57. The molecule has 0 radical (unpaired) electrons. The minimum Gasteiger partial charge on any atom is -0.312 e. The summed E-state index contributed by atoms with van der Waals surface area (Å²) in [4.78, 5) is 2.57. The zero-order valence-corrected chi connectivity index (χ0v) is 16.9. The Morgan fingerprint density at radius 1 is 1.04 bits per heavy atom. The van der Waals surface area contributed by atoms with E-state index in [9.17, 15) is 0 Å². The Kier molecular flexibility index (Phi) is 12.0. The lowest BCUT2D eigenvalue weighted by Crippen LogP contribution is -2.32. The van der Waals surface area contributed by atoms with Crippen LogP contribution in [0.25, 0.3) is 0 Å². The van der Waals surface area contributed by atoms with Crippen molar-refractivity contribution in [3.05, 3.63) is 59.2 Å². The number of unbranched alkanes of at least 4 members (excludes halogenated alkanes) is 1. The lowest BCUT2D eigenvalue weighted by Gasteiger charge is -2.22. The molecule has 0 saturated heterocycles. The zero-order chi connectivity index (χ0) is 18.3. The van der Waals surface area contributed by atoms with Crippen molar-refractivity contribution in [3.8, 4) is 0 Å². The van der Waals surface area contributed by atoms with Crippen molar-refractivity contribution in [2.75, 3.05) is 26.2 Å². The molecular weight excluding hydrogens is 304 g/mol. The van der Waals surface area contributed by atoms with Gasteiger partial charge in [-0.2, -0.15) is 0 Å². The molecule has 2 heteroatoms. The van der Waals surface area contributed by atoms with E-state index in [1.807, 2.05) is 0 Å². The molecule has 0 aliphatic heterocycles. The molecule has 0 fully saturated rings. The van der Waals surface area contributed by atoms with Gasteiger partial charge in [-0.25, -0.2) is 0 Å². The van der Waals surface area contributed by atoms with Crippen LogP contribution in [0.2, 0.25) is 0 Å². The Morgan fingerprint density at radius 3 is 2.48 bits per heavy atom. The number of allylic oxidation sites excluding steroid dienone is 3. The van der Waals surface area contributed by atoms with E-state index in [1.165, 1.54) is 42.5 Å². The Balaban J connectivity index is 2.28. The van der Waals surface area contributed by atoms with Crippen molar-refractivity contribution >= 4 is 0 Å². The molecule has 0 spiro atoms. The molecule has 1 rings (SSSR count). The predicted octanol–water partition coefficient (Wildman–Crippen LogP) is 5.57. The first-order valence-corrected chi connectivity index (χ1v) is 9.87. The number of hydrogen-bond acceptors (Lipinski definition) is 2. The molecule has 0 aliphatic rings. The maximum Gasteiger partial charge on any atom is 0.0234 e. The molecule has 0 saturated carbocycles. The Hall–Kier alpha value is -1.38. The van der Waals surface area contributed by atoms with Crippen LogP contribution < -0.4 is 5.32 Å². The summed E-state index contributed by atoms with van der Waals surface area (Å²) in [6.07, 6.45) is 9.52. The Labute approximate surface area is 156 Å². The van der Waals surface area contributed by atoms with Gasteiger partial charge in [-0.1, -0.05) is 67.0 Å². The SMILES string of the molecule is CCCCN(CCNC/C=C(\C)CCC=C(C)C)Cc1ccccc1. The molecule has 0 atom stereocenters. The Bertz CT molecular complexity index is 498. The van der Waals surface area contributed by atoms with Gasteiger partial charge in [0.25, 0.3) is 0 Å². The van der Waals surface area contributed by atoms with Crippen LogP contribution in [-0.4, -0.2) is 31.1 Å². The third-order valence-corrected chi connectivity index (χ3v) is 4.37. The maximum atomic E-state index is 3.57. The molecule has 0 aliphatic carbocycles. The highest BCUT2D eigenvalue weighted by Gasteiger charge is 2.04. The lowest BCUT2D eigenvalue weighted by molar-refractivity contribution is 0.262. The van der Waals surface area contributed by atoms with Gasteiger partial charge >= 0.3 is 0 Å². The standard InChI is InChI=1S/C23H38N2/c1-5-6-18-25(20-23-13-8-7-9-14-23)19-17-24-16-15-22(4)12-10-11-21(2)3/h7-9,11,13-15,24H,5-6,10,12,16-20H2,1-4H3/b22-15+. The molecule has 0 heterocycles. The smallest absolute Gasteiger partial charge is 0.0234 e. The van der Waals surface area contributed by atoms with Gasteiger partial charge in [-0.15, -0.1) is 0 Å².